The molecule has 0 aliphatic heterocycles. The molecule has 154 valence electrons. The van der Waals surface area contributed by atoms with Crippen LogP contribution in [0, 0.1) is 0 Å². The molecular formula is C16H10BrCl3F3N5O. The summed E-state index contributed by atoms with van der Waals surface area (Å²) in [6.45, 7) is 0.278. The molecule has 2 heterocycles. The lowest BCUT2D eigenvalue weighted by atomic mass is 10.2. The molecule has 0 saturated heterocycles. The SMILES string of the molecule is Cn1nc(C(F)(F)F)c(Br)c1C(=O)Nc1nn(Cc2ccc(Cl)c(Cl)c2)cc1Cl. The molecule has 0 spiro atoms. The number of nitrogens with one attached hydrogen (secondary N) is 1. The molecule has 0 aliphatic rings. The third-order valence-corrected chi connectivity index (χ3v) is 5.52. The molecule has 29 heavy (non-hydrogen) atoms. The van der Waals surface area contributed by atoms with E-state index in [0.717, 1.165) is 10.2 Å². The number of aryl methyl sites for hydroxylation is 1. The van der Waals surface area contributed by atoms with Crippen molar-refractivity contribution < 1.29 is 18.0 Å². The van der Waals surface area contributed by atoms with E-state index in [2.05, 4.69) is 31.4 Å². The first-order valence-corrected chi connectivity index (χ1v) is 9.68. The molecule has 0 fully saturated rings. The molecule has 0 bridgehead atoms. The standard InChI is InChI=1S/C16H10BrCl3F3N5O/c1-27-12(11(17)13(25-27)16(21,22)23)15(29)24-14-10(20)6-28(26-14)5-7-2-3-8(18)9(19)4-7/h2-4,6H,5H2,1H3,(H,24,26,29). The van der Waals surface area contributed by atoms with Crippen molar-refractivity contribution in [2.24, 2.45) is 7.05 Å². The lowest BCUT2D eigenvalue weighted by Crippen LogP contribution is -2.17. The Hall–Kier alpha value is -1.75. The second-order valence-corrected chi connectivity index (χ2v) is 7.87. The van der Waals surface area contributed by atoms with Gasteiger partial charge in [0.05, 0.1) is 21.1 Å². The van der Waals surface area contributed by atoms with Gasteiger partial charge >= 0.3 is 6.18 Å². The molecule has 2 aromatic heterocycles. The largest absolute Gasteiger partial charge is 0.436 e. The molecule has 13 heteroatoms. The number of anilines is 1. The number of amides is 1. The first kappa shape index (κ1) is 21.9. The highest BCUT2D eigenvalue weighted by Crippen LogP contribution is 2.36. The summed E-state index contributed by atoms with van der Waals surface area (Å²) in [4.78, 5) is 12.5. The van der Waals surface area contributed by atoms with Crippen LogP contribution in [-0.2, 0) is 19.8 Å². The van der Waals surface area contributed by atoms with Gasteiger partial charge in [0, 0.05) is 13.2 Å². The summed E-state index contributed by atoms with van der Waals surface area (Å²) in [6.07, 6.45) is -3.26. The topological polar surface area (TPSA) is 64.7 Å². The fraction of sp³-hybridized carbons (Fsp3) is 0.188. The van der Waals surface area contributed by atoms with E-state index in [0.29, 0.717) is 10.0 Å². The molecule has 0 radical (unpaired) electrons. The first-order chi connectivity index (χ1) is 13.5. The van der Waals surface area contributed by atoms with Crippen LogP contribution >= 0.6 is 50.7 Å². The van der Waals surface area contributed by atoms with Gasteiger partial charge in [-0.15, -0.1) is 0 Å². The van der Waals surface area contributed by atoms with Crippen LogP contribution in [0.2, 0.25) is 15.1 Å². The number of carbonyl (C=O) groups is 1. The Morgan fingerprint density at radius 3 is 2.45 bits per heavy atom. The molecule has 3 aromatic rings. The van der Waals surface area contributed by atoms with Crippen LogP contribution in [0.1, 0.15) is 21.7 Å². The molecule has 0 saturated carbocycles. The van der Waals surface area contributed by atoms with Crippen LogP contribution < -0.4 is 5.32 Å². The Balaban J connectivity index is 1.82. The fourth-order valence-corrected chi connectivity index (χ4v) is 3.74. The van der Waals surface area contributed by atoms with Crippen molar-refractivity contribution >= 4 is 62.5 Å². The highest BCUT2D eigenvalue weighted by molar-refractivity contribution is 9.10. The second-order valence-electron chi connectivity index (χ2n) is 5.86. The van der Waals surface area contributed by atoms with Crippen molar-refractivity contribution in [2.75, 3.05) is 5.32 Å². The Morgan fingerprint density at radius 2 is 1.86 bits per heavy atom. The van der Waals surface area contributed by atoms with Gasteiger partial charge in [-0.1, -0.05) is 40.9 Å². The van der Waals surface area contributed by atoms with Gasteiger partial charge < -0.3 is 5.32 Å². The van der Waals surface area contributed by atoms with E-state index in [1.165, 1.54) is 17.9 Å². The predicted octanol–water partition coefficient (Wildman–Crippen LogP) is 5.66. The van der Waals surface area contributed by atoms with E-state index in [1.54, 1.807) is 18.2 Å². The Morgan fingerprint density at radius 1 is 1.17 bits per heavy atom. The van der Waals surface area contributed by atoms with Gasteiger partial charge in [-0.05, 0) is 33.6 Å². The van der Waals surface area contributed by atoms with Crippen LogP contribution in [-0.4, -0.2) is 25.5 Å². The number of halogens is 7. The highest BCUT2D eigenvalue weighted by atomic mass is 79.9. The minimum Gasteiger partial charge on any atom is -0.302 e. The molecule has 6 nitrogen and oxygen atoms in total. The van der Waals surface area contributed by atoms with Crippen molar-refractivity contribution in [1.29, 1.82) is 0 Å². The Labute approximate surface area is 185 Å². The van der Waals surface area contributed by atoms with Gasteiger partial charge in [0.1, 0.15) is 10.7 Å². The molecule has 1 N–H and O–H groups in total. The maximum absolute atomic E-state index is 13.0. The Kier molecular flexibility index (Phi) is 6.19. The maximum atomic E-state index is 13.0. The van der Waals surface area contributed by atoms with Gasteiger partial charge in [0.15, 0.2) is 11.5 Å². The second kappa shape index (κ2) is 8.17. The molecule has 0 unspecified atom stereocenters. The van der Waals surface area contributed by atoms with Gasteiger partial charge in [-0.3, -0.25) is 14.2 Å². The number of hydrogen-bond acceptors (Lipinski definition) is 3. The maximum Gasteiger partial charge on any atom is 0.436 e. The molecular weight excluding hydrogens is 521 g/mol. The average molecular weight is 532 g/mol. The predicted molar refractivity (Wildman–Crippen MR) is 107 cm³/mol. The van der Waals surface area contributed by atoms with E-state index in [-0.39, 0.29) is 23.1 Å². The normalized spacial score (nSPS) is 11.7. The van der Waals surface area contributed by atoms with Crippen LogP contribution in [0.25, 0.3) is 0 Å². The van der Waals surface area contributed by atoms with Gasteiger partial charge in [0.25, 0.3) is 5.91 Å². The summed E-state index contributed by atoms with van der Waals surface area (Å²) in [6, 6.07) is 5.03. The summed E-state index contributed by atoms with van der Waals surface area (Å²) in [7, 11) is 1.22. The molecule has 0 atom stereocenters. The zero-order valence-corrected chi connectivity index (χ0v) is 18.2. The summed E-state index contributed by atoms with van der Waals surface area (Å²) >= 11 is 20.7. The third-order valence-electron chi connectivity index (χ3n) is 3.75. The highest BCUT2D eigenvalue weighted by Gasteiger charge is 2.39. The van der Waals surface area contributed by atoms with Crippen LogP contribution in [0.4, 0.5) is 19.0 Å². The number of benzene rings is 1. The van der Waals surface area contributed by atoms with E-state index in [1.807, 2.05) is 0 Å². The third kappa shape index (κ3) is 4.71. The molecule has 1 aromatic carbocycles. The number of carbonyl (C=O) groups excluding carboxylic acids is 1. The quantitative estimate of drug-likeness (QED) is 0.473. The average Bonchev–Trinajstić information content (AvgIpc) is 3.09. The van der Waals surface area contributed by atoms with Crippen LogP contribution in [0.3, 0.4) is 0 Å². The zero-order valence-electron chi connectivity index (χ0n) is 14.4. The number of hydrogen-bond donors (Lipinski definition) is 1. The number of alkyl halides is 3. The smallest absolute Gasteiger partial charge is 0.302 e. The minimum atomic E-state index is -4.71. The minimum absolute atomic E-state index is 0.0154. The molecule has 1 amide bonds. The van der Waals surface area contributed by atoms with Crippen LogP contribution in [0.5, 0.6) is 0 Å². The van der Waals surface area contributed by atoms with Gasteiger partial charge in [-0.2, -0.15) is 23.4 Å². The zero-order chi connectivity index (χ0) is 21.5. The van der Waals surface area contributed by atoms with Crippen molar-refractivity contribution in [3.05, 3.63) is 60.9 Å². The van der Waals surface area contributed by atoms with E-state index >= 15 is 0 Å². The number of rotatable bonds is 4. The number of nitrogens with zero attached hydrogens (tertiary/aromatic N) is 4. The van der Waals surface area contributed by atoms with Crippen molar-refractivity contribution in [2.45, 2.75) is 12.7 Å². The van der Waals surface area contributed by atoms with Crippen LogP contribution in [0.15, 0.2) is 28.9 Å². The summed E-state index contributed by atoms with van der Waals surface area (Å²) in [5.41, 5.74) is -0.755. The Bertz CT molecular complexity index is 1100. The lowest BCUT2D eigenvalue weighted by Gasteiger charge is -2.05. The van der Waals surface area contributed by atoms with Crippen molar-refractivity contribution in [1.82, 2.24) is 19.6 Å². The summed E-state index contributed by atoms with van der Waals surface area (Å²) in [5, 5.41) is 10.8. The van der Waals surface area contributed by atoms with E-state index in [4.69, 9.17) is 34.8 Å². The fourth-order valence-electron chi connectivity index (χ4n) is 2.48. The lowest BCUT2D eigenvalue weighted by molar-refractivity contribution is -0.142. The van der Waals surface area contributed by atoms with Crippen molar-refractivity contribution in [3.63, 3.8) is 0 Å². The molecule has 3 rings (SSSR count). The molecule has 0 aliphatic carbocycles. The number of aromatic nitrogens is 4. The monoisotopic (exact) mass is 529 g/mol. The van der Waals surface area contributed by atoms with Gasteiger partial charge in [0.2, 0.25) is 0 Å². The summed E-state index contributed by atoms with van der Waals surface area (Å²) in [5.74, 6) is -0.873. The van der Waals surface area contributed by atoms with E-state index < -0.39 is 22.3 Å². The van der Waals surface area contributed by atoms with E-state index in [9.17, 15) is 18.0 Å². The van der Waals surface area contributed by atoms with Crippen molar-refractivity contribution in [3.8, 4) is 0 Å². The first-order valence-electron chi connectivity index (χ1n) is 7.75. The van der Waals surface area contributed by atoms with Gasteiger partial charge in [-0.25, -0.2) is 0 Å². The summed E-state index contributed by atoms with van der Waals surface area (Å²) < 4.78 is 40.7.